The Morgan fingerprint density at radius 3 is 2.40 bits per heavy atom. The van der Waals surface area contributed by atoms with E-state index < -0.39 is 6.67 Å². The molecule has 0 aliphatic heterocycles. The Morgan fingerprint density at radius 2 is 2.00 bits per heavy atom. The van der Waals surface area contributed by atoms with Crippen LogP contribution in [0.2, 0.25) is 0 Å². The number of aliphatic imine (C=N–C) groups is 1. The normalized spacial score (nSPS) is 14.7. The fourth-order valence-corrected chi connectivity index (χ4v) is 0.874. The first-order valence-corrected chi connectivity index (χ1v) is 5.12. The molecule has 0 aromatic rings. The third-order valence-corrected chi connectivity index (χ3v) is 2.21. The fourth-order valence-electron chi connectivity index (χ4n) is 0.874. The highest BCUT2D eigenvalue weighted by atomic mass is 19.1. The Bertz CT molecular complexity index is 296. The lowest BCUT2D eigenvalue weighted by Gasteiger charge is -2.06. The lowest BCUT2D eigenvalue weighted by Crippen LogP contribution is -2.03. The van der Waals surface area contributed by atoms with Gasteiger partial charge in [0.15, 0.2) is 0 Å². The molecule has 0 rings (SSSR count). The van der Waals surface area contributed by atoms with Crippen molar-refractivity contribution in [2.45, 2.75) is 27.7 Å². The Kier molecular flexibility index (Phi) is 6.59. The molecule has 0 atom stereocenters. The van der Waals surface area contributed by atoms with Gasteiger partial charge in [-0.3, -0.25) is 4.99 Å². The van der Waals surface area contributed by atoms with Gasteiger partial charge in [-0.2, -0.15) is 0 Å². The summed E-state index contributed by atoms with van der Waals surface area (Å²) in [6.45, 7) is 10.9. The summed E-state index contributed by atoms with van der Waals surface area (Å²) in [6.07, 6.45) is 5.27. The maximum atomic E-state index is 12.7. The molecule has 0 amide bonds. The molecule has 0 fully saturated rings. The van der Waals surface area contributed by atoms with E-state index in [1.165, 1.54) is 0 Å². The molecule has 0 aromatic heterocycles. The molecule has 0 radical (unpaired) electrons. The van der Waals surface area contributed by atoms with Gasteiger partial charge < -0.3 is 0 Å². The molecular weight excluding hydrogens is 189 g/mol. The van der Waals surface area contributed by atoms with E-state index in [1.54, 1.807) is 12.2 Å². The van der Waals surface area contributed by atoms with E-state index in [-0.39, 0.29) is 0 Å². The zero-order chi connectivity index (χ0) is 11.8. The zero-order valence-electron chi connectivity index (χ0n) is 10.0. The van der Waals surface area contributed by atoms with Gasteiger partial charge in [0.25, 0.3) is 0 Å². The van der Waals surface area contributed by atoms with Gasteiger partial charge >= 0.3 is 0 Å². The van der Waals surface area contributed by atoms with Crippen LogP contribution in [0.5, 0.6) is 0 Å². The second-order valence-electron chi connectivity index (χ2n) is 3.77. The molecule has 0 N–H and O–H groups in total. The lowest BCUT2D eigenvalue weighted by atomic mass is 10.1. The van der Waals surface area contributed by atoms with E-state index in [2.05, 4.69) is 11.6 Å². The Balaban J connectivity index is 4.97. The van der Waals surface area contributed by atoms with Crippen LogP contribution >= 0.6 is 0 Å². The summed E-state index contributed by atoms with van der Waals surface area (Å²) in [4.78, 5) is 4.28. The van der Waals surface area contributed by atoms with Crippen LogP contribution in [0.4, 0.5) is 4.39 Å². The van der Waals surface area contributed by atoms with Gasteiger partial charge in [-0.15, -0.1) is 0 Å². The molecule has 2 heteroatoms. The number of allylic oxidation sites excluding steroid dienone is 5. The van der Waals surface area contributed by atoms with Crippen LogP contribution in [-0.2, 0) is 0 Å². The van der Waals surface area contributed by atoms with Crippen LogP contribution in [0.15, 0.2) is 41.1 Å². The van der Waals surface area contributed by atoms with Crippen molar-refractivity contribution in [2.24, 2.45) is 10.9 Å². The van der Waals surface area contributed by atoms with Crippen LogP contribution in [0, 0.1) is 5.92 Å². The van der Waals surface area contributed by atoms with E-state index in [0.717, 1.165) is 11.3 Å². The standard InChI is InChI=1S/C13H20FN/c1-6-7-8-11(4)13(9-14)15-12(5)10(2)3/h6-8,10H,1,9H2,2-5H3/b8-7-,13-11+,15-12?. The summed E-state index contributed by atoms with van der Waals surface area (Å²) in [5.41, 5.74) is 2.30. The number of halogens is 1. The van der Waals surface area contributed by atoms with E-state index in [1.807, 2.05) is 33.8 Å². The predicted octanol–water partition coefficient (Wildman–Crippen LogP) is 4.09. The lowest BCUT2D eigenvalue weighted by molar-refractivity contribution is 0.537. The third kappa shape index (κ3) is 5.31. The molecule has 0 heterocycles. The zero-order valence-corrected chi connectivity index (χ0v) is 10.0. The maximum absolute atomic E-state index is 12.7. The fraction of sp³-hybridized carbons (Fsp3) is 0.462. The van der Waals surface area contributed by atoms with Crippen molar-refractivity contribution >= 4 is 5.71 Å². The van der Waals surface area contributed by atoms with Gasteiger partial charge in [-0.05, 0) is 25.3 Å². The van der Waals surface area contributed by atoms with Crippen molar-refractivity contribution in [3.05, 3.63) is 36.1 Å². The smallest absolute Gasteiger partial charge is 0.132 e. The maximum Gasteiger partial charge on any atom is 0.132 e. The summed E-state index contributed by atoms with van der Waals surface area (Å²) in [5, 5.41) is 0. The number of rotatable bonds is 5. The third-order valence-electron chi connectivity index (χ3n) is 2.21. The van der Waals surface area contributed by atoms with Crippen molar-refractivity contribution in [3.8, 4) is 0 Å². The molecule has 0 spiro atoms. The highest BCUT2D eigenvalue weighted by molar-refractivity contribution is 5.84. The van der Waals surface area contributed by atoms with Gasteiger partial charge in [0, 0.05) is 5.71 Å². The Labute approximate surface area is 92.1 Å². The summed E-state index contributed by atoms with van der Waals surface area (Å²) in [7, 11) is 0. The van der Waals surface area contributed by atoms with E-state index >= 15 is 0 Å². The van der Waals surface area contributed by atoms with Gasteiger partial charge in [0.1, 0.15) is 6.67 Å². The first-order chi connectivity index (χ1) is 7.02. The molecule has 0 aromatic carbocycles. The van der Waals surface area contributed by atoms with E-state index in [9.17, 15) is 4.39 Å². The van der Waals surface area contributed by atoms with Crippen LogP contribution in [0.3, 0.4) is 0 Å². The Morgan fingerprint density at radius 1 is 1.40 bits per heavy atom. The first kappa shape index (κ1) is 13.8. The second kappa shape index (κ2) is 7.16. The monoisotopic (exact) mass is 209 g/mol. The molecule has 0 bridgehead atoms. The predicted molar refractivity (Wildman–Crippen MR) is 66.0 cm³/mol. The molecule has 0 unspecified atom stereocenters. The molecule has 84 valence electrons. The number of hydrogen-bond donors (Lipinski definition) is 0. The van der Waals surface area contributed by atoms with Gasteiger partial charge in [0.05, 0.1) is 5.70 Å². The minimum Gasteiger partial charge on any atom is -0.259 e. The molecular formula is C13H20FN. The summed E-state index contributed by atoms with van der Waals surface area (Å²) >= 11 is 0. The molecule has 15 heavy (non-hydrogen) atoms. The van der Waals surface area contributed by atoms with Gasteiger partial charge in [-0.1, -0.05) is 38.7 Å². The molecule has 0 aliphatic rings. The van der Waals surface area contributed by atoms with Crippen LogP contribution in [0.1, 0.15) is 27.7 Å². The first-order valence-electron chi connectivity index (χ1n) is 5.12. The Hall–Kier alpha value is -1.18. The average Bonchev–Trinajstić information content (AvgIpc) is 2.21. The summed E-state index contributed by atoms with van der Waals surface area (Å²) in [6, 6.07) is 0. The number of nitrogens with zero attached hydrogens (tertiary/aromatic N) is 1. The van der Waals surface area contributed by atoms with Crippen LogP contribution in [-0.4, -0.2) is 12.4 Å². The largest absolute Gasteiger partial charge is 0.259 e. The van der Waals surface area contributed by atoms with Crippen molar-refractivity contribution in [2.75, 3.05) is 6.67 Å². The average molecular weight is 209 g/mol. The molecule has 1 nitrogen and oxygen atoms in total. The van der Waals surface area contributed by atoms with Crippen LogP contribution in [0.25, 0.3) is 0 Å². The summed E-state index contributed by atoms with van der Waals surface area (Å²) in [5.74, 6) is 0.350. The van der Waals surface area contributed by atoms with Crippen LogP contribution < -0.4 is 0 Å². The van der Waals surface area contributed by atoms with Gasteiger partial charge in [-0.25, -0.2) is 4.39 Å². The molecule has 0 saturated carbocycles. The van der Waals surface area contributed by atoms with E-state index in [0.29, 0.717) is 11.6 Å². The minimum absolute atomic E-state index is 0.350. The highest BCUT2D eigenvalue weighted by Gasteiger charge is 2.02. The van der Waals surface area contributed by atoms with Crippen molar-refractivity contribution in [3.63, 3.8) is 0 Å². The van der Waals surface area contributed by atoms with Gasteiger partial charge in [0.2, 0.25) is 0 Å². The topological polar surface area (TPSA) is 12.4 Å². The quantitative estimate of drug-likeness (QED) is 0.477. The highest BCUT2D eigenvalue weighted by Crippen LogP contribution is 2.11. The van der Waals surface area contributed by atoms with Crippen molar-refractivity contribution < 1.29 is 4.39 Å². The van der Waals surface area contributed by atoms with Crippen molar-refractivity contribution in [1.82, 2.24) is 0 Å². The minimum atomic E-state index is -0.530. The second-order valence-corrected chi connectivity index (χ2v) is 3.77. The number of hydrogen-bond acceptors (Lipinski definition) is 1. The molecule has 0 aliphatic carbocycles. The van der Waals surface area contributed by atoms with E-state index in [4.69, 9.17) is 0 Å². The SMILES string of the molecule is C=C/C=C\C(C)=C(/CF)N=C(C)C(C)C. The molecule has 0 saturated heterocycles. The summed E-state index contributed by atoms with van der Waals surface area (Å²) < 4.78 is 12.7. The van der Waals surface area contributed by atoms with Crippen molar-refractivity contribution in [1.29, 1.82) is 0 Å². The number of alkyl halides is 1.